The number of benzene rings is 1. The lowest BCUT2D eigenvalue weighted by Gasteiger charge is -2.15. The lowest BCUT2D eigenvalue weighted by atomic mass is 10.3. The Morgan fingerprint density at radius 2 is 2.11 bits per heavy atom. The number of carbonyl (C=O) groups excluding carboxylic acids is 1. The van der Waals surface area contributed by atoms with E-state index in [1.54, 1.807) is 0 Å². The number of halogens is 1. The van der Waals surface area contributed by atoms with Crippen LogP contribution in [0, 0.1) is 15.9 Å². The van der Waals surface area contributed by atoms with E-state index in [2.05, 4.69) is 0 Å². The zero-order chi connectivity index (χ0) is 14.8. The summed E-state index contributed by atoms with van der Waals surface area (Å²) in [6, 6.07) is 2.14. The van der Waals surface area contributed by atoms with Gasteiger partial charge in [0, 0.05) is 19.2 Å². The minimum absolute atomic E-state index is 0.501. The highest BCUT2D eigenvalue weighted by Gasteiger charge is 2.25. The maximum absolute atomic E-state index is 13.3. The zero-order valence-corrected chi connectivity index (χ0v) is 10.6. The maximum atomic E-state index is 13.3. The van der Waals surface area contributed by atoms with E-state index in [-0.39, 0.29) is 0 Å². The smallest absolute Gasteiger partial charge is 0.304 e. The molecule has 10 heteroatoms. The Morgan fingerprint density at radius 1 is 1.53 bits per heavy atom. The number of nitrogens with zero attached hydrogens (tertiary/aromatic N) is 2. The first kappa shape index (κ1) is 15.0. The summed E-state index contributed by atoms with van der Waals surface area (Å²) >= 11 is 0. The first-order chi connectivity index (χ1) is 8.66. The molecule has 0 aliphatic heterocycles. The van der Waals surface area contributed by atoms with Gasteiger partial charge in [-0.15, -0.1) is 0 Å². The molecule has 1 aromatic carbocycles. The fourth-order valence-electron chi connectivity index (χ4n) is 1.28. The van der Waals surface area contributed by atoms with Crippen molar-refractivity contribution in [2.45, 2.75) is 4.90 Å². The minimum Gasteiger partial charge on any atom is -0.369 e. The topological polar surface area (TPSA) is 124 Å². The highest BCUT2D eigenvalue weighted by Crippen LogP contribution is 2.22. The van der Waals surface area contributed by atoms with Gasteiger partial charge >= 0.3 is 5.69 Å². The first-order valence-corrected chi connectivity index (χ1v) is 6.29. The second-order valence-electron chi connectivity index (χ2n) is 3.60. The van der Waals surface area contributed by atoms with Crippen LogP contribution in [0.1, 0.15) is 0 Å². The van der Waals surface area contributed by atoms with Gasteiger partial charge in [-0.05, 0) is 6.07 Å². The Bertz CT molecular complexity index is 631. The molecular weight excluding hydrogens is 281 g/mol. The van der Waals surface area contributed by atoms with Crippen molar-refractivity contribution in [1.82, 2.24) is 4.31 Å². The monoisotopic (exact) mass is 291 g/mol. The standard InChI is InChI=1S/C9H10FN3O5S/c1-12(5-9(11)14)19(17,18)6-2-3-8(13(15)16)7(10)4-6/h2-4H,5H2,1H3,(H2,11,14). The number of hydrogen-bond donors (Lipinski definition) is 1. The van der Waals surface area contributed by atoms with E-state index >= 15 is 0 Å². The molecule has 1 aromatic rings. The van der Waals surface area contributed by atoms with Gasteiger partial charge in [-0.2, -0.15) is 8.70 Å². The van der Waals surface area contributed by atoms with E-state index in [0.29, 0.717) is 10.4 Å². The molecule has 0 radical (unpaired) electrons. The second kappa shape index (κ2) is 5.28. The number of likely N-dealkylation sites (N-methyl/N-ethyl adjacent to an activating group) is 1. The van der Waals surface area contributed by atoms with Gasteiger partial charge in [-0.25, -0.2) is 8.42 Å². The van der Waals surface area contributed by atoms with E-state index < -0.39 is 43.8 Å². The number of nitro groups is 1. The Morgan fingerprint density at radius 3 is 2.53 bits per heavy atom. The van der Waals surface area contributed by atoms with Crippen LogP contribution >= 0.6 is 0 Å². The van der Waals surface area contributed by atoms with Crippen LogP contribution in [0.15, 0.2) is 23.1 Å². The second-order valence-corrected chi connectivity index (χ2v) is 5.64. The number of nitro benzene ring substituents is 1. The van der Waals surface area contributed by atoms with Crippen LogP contribution in [-0.2, 0) is 14.8 Å². The fourth-order valence-corrected chi connectivity index (χ4v) is 2.43. The molecule has 0 atom stereocenters. The molecule has 0 aliphatic carbocycles. The molecule has 8 nitrogen and oxygen atoms in total. The Labute approximate surface area is 107 Å². The van der Waals surface area contributed by atoms with E-state index in [1.807, 2.05) is 0 Å². The Kier molecular flexibility index (Phi) is 4.17. The summed E-state index contributed by atoms with van der Waals surface area (Å²) in [5.74, 6) is -2.16. The summed E-state index contributed by atoms with van der Waals surface area (Å²) in [5, 5.41) is 10.4. The predicted molar refractivity (Wildman–Crippen MR) is 62.1 cm³/mol. The van der Waals surface area contributed by atoms with E-state index in [1.165, 1.54) is 0 Å². The van der Waals surface area contributed by atoms with Gasteiger partial charge in [0.25, 0.3) is 0 Å². The third-order valence-corrected chi connectivity index (χ3v) is 4.00. The van der Waals surface area contributed by atoms with Crippen molar-refractivity contribution in [2.24, 2.45) is 5.73 Å². The number of carbonyl (C=O) groups is 1. The molecule has 2 N–H and O–H groups in total. The van der Waals surface area contributed by atoms with Crippen LogP contribution in [0.25, 0.3) is 0 Å². The summed E-state index contributed by atoms with van der Waals surface area (Å²) in [7, 11) is -3.05. The van der Waals surface area contributed by atoms with Gasteiger partial charge in [0.1, 0.15) is 0 Å². The molecule has 0 spiro atoms. The maximum Gasteiger partial charge on any atom is 0.304 e. The summed E-state index contributed by atoms with van der Waals surface area (Å²) in [4.78, 5) is 19.6. The number of nitrogens with two attached hydrogens (primary N) is 1. The Balaban J connectivity index is 3.20. The van der Waals surface area contributed by atoms with E-state index in [4.69, 9.17) is 5.73 Å². The highest BCUT2D eigenvalue weighted by atomic mass is 32.2. The van der Waals surface area contributed by atoms with Crippen molar-refractivity contribution >= 4 is 21.6 Å². The molecule has 0 saturated heterocycles. The molecule has 0 aromatic heterocycles. The molecule has 0 heterocycles. The van der Waals surface area contributed by atoms with Gasteiger partial charge in [-0.3, -0.25) is 14.9 Å². The third-order valence-electron chi connectivity index (χ3n) is 2.20. The molecule has 1 amide bonds. The molecule has 19 heavy (non-hydrogen) atoms. The summed E-state index contributed by atoms with van der Waals surface area (Å²) in [5.41, 5.74) is 4.02. The zero-order valence-electron chi connectivity index (χ0n) is 9.74. The Hall–Kier alpha value is -2.07. The summed E-state index contributed by atoms with van der Waals surface area (Å²) in [6.45, 7) is -0.582. The fraction of sp³-hybridized carbons (Fsp3) is 0.222. The molecular formula is C9H10FN3O5S. The van der Waals surface area contributed by atoms with Crippen LogP contribution < -0.4 is 5.73 Å². The van der Waals surface area contributed by atoms with Crippen molar-refractivity contribution in [2.75, 3.05) is 13.6 Å². The van der Waals surface area contributed by atoms with Crippen molar-refractivity contribution in [3.8, 4) is 0 Å². The van der Waals surface area contributed by atoms with Crippen molar-refractivity contribution < 1.29 is 22.5 Å². The van der Waals surface area contributed by atoms with Crippen LogP contribution in [-0.4, -0.2) is 37.1 Å². The lowest BCUT2D eigenvalue weighted by Crippen LogP contribution is -2.35. The third kappa shape index (κ3) is 3.23. The summed E-state index contributed by atoms with van der Waals surface area (Å²) < 4.78 is 37.7. The average molecular weight is 291 g/mol. The molecule has 0 aliphatic rings. The average Bonchev–Trinajstić information content (AvgIpc) is 2.27. The van der Waals surface area contributed by atoms with Crippen LogP contribution in [0.2, 0.25) is 0 Å². The molecule has 104 valence electrons. The number of sulfonamides is 1. The highest BCUT2D eigenvalue weighted by molar-refractivity contribution is 7.89. The molecule has 1 rings (SSSR count). The minimum atomic E-state index is -4.13. The quantitative estimate of drug-likeness (QED) is 0.596. The van der Waals surface area contributed by atoms with Gasteiger partial charge in [0.05, 0.1) is 16.4 Å². The van der Waals surface area contributed by atoms with E-state index in [9.17, 15) is 27.7 Å². The van der Waals surface area contributed by atoms with Crippen molar-refractivity contribution in [3.63, 3.8) is 0 Å². The van der Waals surface area contributed by atoms with Gasteiger partial charge in [-0.1, -0.05) is 0 Å². The molecule has 0 fully saturated rings. The SMILES string of the molecule is CN(CC(N)=O)S(=O)(=O)c1ccc([N+](=O)[O-])c(F)c1. The normalized spacial score (nSPS) is 11.5. The number of rotatable bonds is 5. The van der Waals surface area contributed by atoms with E-state index in [0.717, 1.165) is 19.2 Å². The predicted octanol–water partition coefficient (Wildman–Crippen LogP) is -0.160. The molecule has 0 saturated carbocycles. The van der Waals surface area contributed by atoms with Gasteiger partial charge in [0.2, 0.25) is 21.7 Å². The van der Waals surface area contributed by atoms with Gasteiger partial charge < -0.3 is 5.73 Å². The van der Waals surface area contributed by atoms with Crippen molar-refractivity contribution in [1.29, 1.82) is 0 Å². The number of amides is 1. The van der Waals surface area contributed by atoms with Crippen LogP contribution in [0.5, 0.6) is 0 Å². The van der Waals surface area contributed by atoms with Crippen LogP contribution in [0.4, 0.5) is 10.1 Å². The molecule has 0 bridgehead atoms. The molecule has 0 unspecified atom stereocenters. The van der Waals surface area contributed by atoms with Crippen molar-refractivity contribution in [3.05, 3.63) is 34.1 Å². The largest absolute Gasteiger partial charge is 0.369 e. The summed E-state index contributed by atoms with van der Waals surface area (Å²) in [6.07, 6.45) is 0. The van der Waals surface area contributed by atoms with Crippen LogP contribution in [0.3, 0.4) is 0 Å². The number of primary amides is 1. The number of hydrogen-bond acceptors (Lipinski definition) is 5. The first-order valence-electron chi connectivity index (χ1n) is 4.85. The van der Waals surface area contributed by atoms with Gasteiger partial charge in [0.15, 0.2) is 0 Å². The lowest BCUT2D eigenvalue weighted by molar-refractivity contribution is -0.387.